The molecule has 0 aliphatic heterocycles. The molecule has 0 aliphatic rings. The predicted molar refractivity (Wildman–Crippen MR) is 111 cm³/mol. The van der Waals surface area contributed by atoms with E-state index in [0.717, 1.165) is 16.4 Å². The van der Waals surface area contributed by atoms with Gasteiger partial charge in [0.25, 0.3) is 5.56 Å². The van der Waals surface area contributed by atoms with Crippen molar-refractivity contribution in [3.05, 3.63) is 51.4 Å². The van der Waals surface area contributed by atoms with Gasteiger partial charge in [-0.3, -0.25) is 4.79 Å². The van der Waals surface area contributed by atoms with Crippen molar-refractivity contribution < 1.29 is 9.53 Å². The lowest BCUT2D eigenvalue weighted by atomic mass is 10.0. The van der Waals surface area contributed by atoms with Crippen LogP contribution in [-0.2, 0) is 4.74 Å². The first kappa shape index (κ1) is 19.8. The van der Waals surface area contributed by atoms with Crippen LogP contribution < -0.4 is 10.9 Å². The number of pyridine rings is 2. The fraction of sp³-hybridized carbons (Fsp3) is 0.300. The summed E-state index contributed by atoms with van der Waals surface area (Å²) in [5.74, 6) is 0.258. The summed E-state index contributed by atoms with van der Waals surface area (Å²) in [5, 5.41) is 5.56. The molecule has 2 N–H and O–H groups in total. The summed E-state index contributed by atoms with van der Waals surface area (Å²) in [6.07, 6.45) is 1.70. The number of hydrogen-bond donors (Lipinski definition) is 2. The number of nitrogens with one attached hydrogen (secondary N) is 2. The second-order valence-corrected chi connectivity index (χ2v) is 7.29. The average Bonchev–Trinajstić information content (AvgIpc) is 3.17. The van der Waals surface area contributed by atoms with Gasteiger partial charge in [0.1, 0.15) is 10.8 Å². The SMILES string of the molecule is CCOC(=O)c1cc(-c2csc(-c3ccnc(NC)c3)n2)c(=O)[nH]c1C(C)C. The van der Waals surface area contributed by atoms with Gasteiger partial charge in [-0.05, 0) is 31.0 Å². The van der Waals surface area contributed by atoms with E-state index in [1.165, 1.54) is 11.3 Å². The monoisotopic (exact) mass is 398 g/mol. The summed E-state index contributed by atoms with van der Waals surface area (Å²) in [7, 11) is 1.80. The standard InChI is InChI=1S/C20H22N4O3S/c1-5-27-20(26)14-9-13(18(25)24-17(14)11(2)3)15-10-28-19(23-15)12-6-7-22-16(8-12)21-4/h6-11H,5H2,1-4H3,(H,21,22)(H,24,25). The first-order chi connectivity index (χ1) is 13.4. The van der Waals surface area contributed by atoms with Crippen molar-refractivity contribution in [3.63, 3.8) is 0 Å². The van der Waals surface area contributed by atoms with Crippen LogP contribution in [0.2, 0.25) is 0 Å². The number of thiazole rings is 1. The maximum atomic E-state index is 12.7. The molecular weight excluding hydrogens is 376 g/mol. The quantitative estimate of drug-likeness (QED) is 0.611. The third kappa shape index (κ3) is 3.96. The second-order valence-electron chi connectivity index (χ2n) is 6.43. The molecule has 0 fully saturated rings. The predicted octanol–water partition coefficient (Wildman–Crippen LogP) is 3.90. The van der Waals surface area contributed by atoms with Crippen molar-refractivity contribution in [3.8, 4) is 21.8 Å². The zero-order chi connectivity index (χ0) is 20.3. The number of aromatic amines is 1. The van der Waals surface area contributed by atoms with E-state index in [-0.39, 0.29) is 18.1 Å². The number of rotatable bonds is 6. The molecule has 8 heteroatoms. The number of hydrogen-bond acceptors (Lipinski definition) is 7. The normalized spacial score (nSPS) is 10.9. The van der Waals surface area contributed by atoms with Gasteiger partial charge in [-0.25, -0.2) is 14.8 Å². The first-order valence-electron chi connectivity index (χ1n) is 8.99. The van der Waals surface area contributed by atoms with Crippen LogP contribution in [0.5, 0.6) is 0 Å². The molecule has 0 atom stereocenters. The highest BCUT2D eigenvalue weighted by molar-refractivity contribution is 7.13. The van der Waals surface area contributed by atoms with E-state index in [1.54, 1.807) is 26.2 Å². The van der Waals surface area contributed by atoms with Crippen LogP contribution in [0, 0.1) is 0 Å². The molecule has 0 saturated carbocycles. The molecule has 3 heterocycles. The van der Waals surface area contributed by atoms with Crippen LogP contribution >= 0.6 is 11.3 Å². The van der Waals surface area contributed by atoms with Crippen molar-refractivity contribution in [2.24, 2.45) is 0 Å². The number of ether oxygens (including phenoxy) is 1. The van der Waals surface area contributed by atoms with Gasteiger partial charge in [0, 0.05) is 29.9 Å². The highest BCUT2D eigenvalue weighted by atomic mass is 32.1. The fourth-order valence-corrected chi connectivity index (χ4v) is 3.62. The van der Waals surface area contributed by atoms with Gasteiger partial charge in [-0.15, -0.1) is 11.3 Å². The Morgan fingerprint density at radius 2 is 2.14 bits per heavy atom. The fourth-order valence-electron chi connectivity index (χ4n) is 2.80. The number of carbonyl (C=O) groups excluding carboxylic acids is 1. The molecule has 28 heavy (non-hydrogen) atoms. The molecule has 0 amide bonds. The van der Waals surface area contributed by atoms with Crippen molar-refractivity contribution >= 4 is 23.1 Å². The second kappa shape index (κ2) is 8.35. The van der Waals surface area contributed by atoms with Gasteiger partial charge in [-0.1, -0.05) is 13.8 Å². The van der Waals surface area contributed by atoms with Gasteiger partial charge in [0.15, 0.2) is 0 Å². The largest absolute Gasteiger partial charge is 0.462 e. The summed E-state index contributed by atoms with van der Waals surface area (Å²) < 4.78 is 5.16. The molecule has 0 aliphatic carbocycles. The molecule has 0 aromatic carbocycles. The molecule has 0 bridgehead atoms. The summed E-state index contributed by atoms with van der Waals surface area (Å²) in [4.78, 5) is 36.7. The minimum atomic E-state index is -0.452. The summed E-state index contributed by atoms with van der Waals surface area (Å²) in [6, 6.07) is 5.33. The van der Waals surface area contributed by atoms with Crippen LogP contribution in [0.25, 0.3) is 21.8 Å². The highest BCUT2D eigenvalue weighted by Crippen LogP contribution is 2.29. The molecule has 7 nitrogen and oxygen atoms in total. The van der Waals surface area contributed by atoms with Crippen molar-refractivity contribution in [2.75, 3.05) is 19.0 Å². The topological polar surface area (TPSA) is 97.0 Å². The van der Waals surface area contributed by atoms with E-state index in [0.29, 0.717) is 22.5 Å². The van der Waals surface area contributed by atoms with Gasteiger partial charge >= 0.3 is 5.97 Å². The molecule has 0 saturated heterocycles. The van der Waals surface area contributed by atoms with E-state index < -0.39 is 5.97 Å². The zero-order valence-corrected chi connectivity index (χ0v) is 17.0. The summed E-state index contributed by atoms with van der Waals surface area (Å²) in [6.45, 7) is 5.84. The van der Waals surface area contributed by atoms with E-state index in [2.05, 4.69) is 20.3 Å². The Bertz CT molecular complexity index is 1060. The van der Waals surface area contributed by atoms with Crippen molar-refractivity contribution in [1.29, 1.82) is 0 Å². The first-order valence-corrected chi connectivity index (χ1v) is 9.87. The van der Waals surface area contributed by atoms with E-state index in [4.69, 9.17) is 4.74 Å². The van der Waals surface area contributed by atoms with Gasteiger partial charge in [0.05, 0.1) is 23.4 Å². The van der Waals surface area contributed by atoms with Gasteiger partial charge in [-0.2, -0.15) is 0 Å². The van der Waals surface area contributed by atoms with Crippen LogP contribution in [-0.4, -0.2) is 34.6 Å². The molecule has 3 aromatic heterocycles. The lowest BCUT2D eigenvalue weighted by Crippen LogP contribution is -2.19. The molecular formula is C20H22N4O3S. The third-order valence-electron chi connectivity index (χ3n) is 4.19. The van der Waals surface area contributed by atoms with Gasteiger partial charge < -0.3 is 15.0 Å². The molecule has 0 spiro atoms. The molecule has 0 unspecified atom stereocenters. The van der Waals surface area contributed by atoms with E-state index >= 15 is 0 Å². The van der Waals surface area contributed by atoms with Crippen molar-refractivity contribution in [1.82, 2.24) is 15.0 Å². The smallest absolute Gasteiger partial charge is 0.339 e. The average molecular weight is 398 g/mol. The Morgan fingerprint density at radius 3 is 2.82 bits per heavy atom. The number of H-pyrrole nitrogens is 1. The number of nitrogens with zero attached hydrogens (tertiary/aromatic N) is 2. The third-order valence-corrected chi connectivity index (χ3v) is 5.08. The molecule has 3 aromatic rings. The summed E-state index contributed by atoms with van der Waals surface area (Å²) >= 11 is 1.42. The number of aromatic nitrogens is 3. The Kier molecular flexibility index (Phi) is 5.89. The Balaban J connectivity index is 2.06. The minimum absolute atomic E-state index is 0.0241. The lowest BCUT2D eigenvalue weighted by Gasteiger charge is -2.12. The number of carbonyl (C=O) groups is 1. The summed E-state index contributed by atoms with van der Waals surface area (Å²) in [5.41, 5.74) is 2.41. The molecule has 0 radical (unpaired) electrons. The zero-order valence-electron chi connectivity index (χ0n) is 16.2. The molecule has 146 valence electrons. The lowest BCUT2D eigenvalue weighted by molar-refractivity contribution is 0.0524. The Morgan fingerprint density at radius 1 is 1.36 bits per heavy atom. The minimum Gasteiger partial charge on any atom is -0.462 e. The van der Waals surface area contributed by atoms with Crippen LogP contribution in [0.4, 0.5) is 5.82 Å². The number of anilines is 1. The van der Waals surface area contributed by atoms with Crippen LogP contribution in [0.15, 0.2) is 34.6 Å². The molecule has 3 rings (SSSR count). The maximum Gasteiger partial charge on any atom is 0.339 e. The maximum absolute atomic E-state index is 12.7. The van der Waals surface area contributed by atoms with Crippen molar-refractivity contribution in [2.45, 2.75) is 26.7 Å². The van der Waals surface area contributed by atoms with E-state index in [9.17, 15) is 9.59 Å². The Labute approximate surface area is 166 Å². The Hall–Kier alpha value is -3.00. The van der Waals surface area contributed by atoms with Crippen LogP contribution in [0.1, 0.15) is 42.7 Å². The highest BCUT2D eigenvalue weighted by Gasteiger charge is 2.20. The van der Waals surface area contributed by atoms with Crippen LogP contribution in [0.3, 0.4) is 0 Å². The van der Waals surface area contributed by atoms with E-state index in [1.807, 2.05) is 31.4 Å². The number of esters is 1. The van der Waals surface area contributed by atoms with Gasteiger partial charge in [0.2, 0.25) is 0 Å².